The zero-order valence-corrected chi connectivity index (χ0v) is 18.8. The lowest BCUT2D eigenvalue weighted by atomic mass is 10.1. The average molecular weight is 475 g/mol. The number of hydrogen-bond acceptors (Lipinski definition) is 6. The van der Waals surface area contributed by atoms with Crippen molar-refractivity contribution in [2.24, 2.45) is 10.1 Å². The van der Waals surface area contributed by atoms with E-state index in [2.05, 4.69) is 10.1 Å². The molecule has 0 saturated heterocycles. The highest BCUT2D eigenvalue weighted by atomic mass is 35.5. The second kappa shape index (κ2) is 8.74. The molecular weight excluding hydrogens is 459 g/mol. The van der Waals surface area contributed by atoms with Crippen molar-refractivity contribution in [1.29, 1.82) is 5.41 Å². The summed E-state index contributed by atoms with van der Waals surface area (Å²) in [5.41, 5.74) is 1.70. The molecule has 2 aliphatic rings. The maximum absolute atomic E-state index is 12.6. The summed E-state index contributed by atoms with van der Waals surface area (Å²) in [6, 6.07) is 10.9. The van der Waals surface area contributed by atoms with Crippen molar-refractivity contribution >= 4 is 63.0 Å². The van der Waals surface area contributed by atoms with E-state index in [1.807, 2.05) is 31.2 Å². The van der Waals surface area contributed by atoms with Gasteiger partial charge in [0.2, 0.25) is 5.17 Å². The number of fused-ring (bicyclic) bond motifs is 1. The largest absolute Gasteiger partial charge is 0.494 e. The third kappa shape index (κ3) is 4.46. The van der Waals surface area contributed by atoms with Gasteiger partial charge in [0.15, 0.2) is 11.6 Å². The van der Waals surface area contributed by atoms with E-state index in [0.717, 1.165) is 11.3 Å². The fourth-order valence-electron chi connectivity index (χ4n) is 2.96. The number of amidine groups is 2. The van der Waals surface area contributed by atoms with Crippen LogP contribution in [0.1, 0.15) is 11.1 Å². The Bertz CT molecular complexity index is 1170. The van der Waals surface area contributed by atoms with E-state index >= 15 is 0 Å². The maximum Gasteiger partial charge on any atom is 0.283 e. The van der Waals surface area contributed by atoms with Gasteiger partial charge in [-0.2, -0.15) is 15.1 Å². The van der Waals surface area contributed by atoms with Gasteiger partial charge in [0.1, 0.15) is 17.4 Å². The predicted octanol–water partition coefficient (Wildman–Crippen LogP) is 5.01. The number of ether oxygens (including phenoxy) is 2. The Kier molecular flexibility index (Phi) is 6.04. The highest BCUT2D eigenvalue weighted by Gasteiger charge is 2.35. The molecule has 0 aromatic heterocycles. The molecule has 2 aliphatic heterocycles. The molecule has 31 heavy (non-hydrogen) atoms. The quantitative estimate of drug-likeness (QED) is 0.615. The summed E-state index contributed by atoms with van der Waals surface area (Å²) in [5.74, 6) is 0.434. The number of methoxy groups -OCH3 is 1. The highest BCUT2D eigenvalue weighted by molar-refractivity contribution is 8.27. The lowest BCUT2D eigenvalue weighted by Gasteiger charge is -2.20. The first-order chi connectivity index (χ1) is 14.9. The second-order valence-electron chi connectivity index (χ2n) is 6.64. The van der Waals surface area contributed by atoms with E-state index in [4.69, 9.17) is 38.1 Å². The van der Waals surface area contributed by atoms with Crippen molar-refractivity contribution in [3.05, 3.63) is 63.1 Å². The summed E-state index contributed by atoms with van der Waals surface area (Å²) >= 11 is 13.5. The second-order valence-corrected chi connectivity index (χ2v) is 8.49. The van der Waals surface area contributed by atoms with E-state index < -0.39 is 5.91 Å². The van der Waals surface area contributed by atoms with Crippen molar-refractivity contribution in [2.45, 2.75) is 6.92 Å². The Labute approximate surface area is 192 Å². The number of thioether (sulfide) groups is 1. The van der Waals surface area contributed by atoms with Gasteiger partial charge < -0.3 is 9.47 Å². The van der Waals surface area contributed by atoms with Crippen molar-refractivity contribution in [2.75, 3.05) is 13.7 Å². The van der Waals surface area contributed by atoms with Gasteiger partial charge in [-0.15, -0.1) is 0 Å². The van der Waals surface area contributed by atoms with Crippen LogP contribution >= 0.6 is 35.0 Å². The first-order valence-corrected chi connectivity index (χ1v) is 10.6. The van der Waals surface area contributed by atoms with Crippen molar-refractivity contribution in [3.8, 4) is 11.5 Å². The molecular formula is C21H16Cl2N4O3S. The standard InChI is InChI=1S/C21H16Cl2N4O3S/c1-11-4-3-5-13(6-11)30-10-17-26-27-19(24)14(20(28)25-21(27)31-17)7-12-8-15(22)18(29-2)16(23)9-12/h3-9,24H,10H2,1-2H3. The molecule has 2 heterocycles. The Morgan fingerprint density at radius 1 is 1.23 bits per heavy atom. The number of nitrogens with one attached hydrogen (secondary N) is 1. The van der Waals surface area contributed by atoms with Crippen LogP contribution in [0.25, 0.3) is 6.08 Å². The minimum Gasteiger partial charge on any atom is -0.494 e. The number of halogens is 2. The molecule has 10 heteroatoms. The van der Waals surface area contributed by atoms with E-state index in [1.165, 1.54) is 30.0 Å². The third-order valence-electron chi connectivity index (χ3n) is 4.38. The van der Waals surface area contributed by atoms with Gasteiger partial charge in [-0.1, -0.05) is 35.3 Å². The van der Waals surface area contributed by atoms with Crippen molar-refractivity contribution in [1.82, 2.24) is 5.01 Å². The fraction of sp³-hybridized carbons (Fsp3) is 0.143. The van der Waals surface area contributed by atoms with Gasteiger partial charge in [-0.3, -0.25) is 10.2 Å². The van der Waals surface area contributed by atoms with Crippen LogP contribution in [0.2, 0.25) is 10.0 Å². The van der Waals surface area contributed by atoms with Crippen molar-refractivity contribution in [3.63, 3.8) is 0 Å². The van der Waals surface area contributed by atoms with Gasteiger partial charge >= 0.3 is 0 Å². The molecule has 1 amide bonds. The SMILES string of the molecule is COc1c(Cl)cc(C=C2C(=N)N3N=C(COc4cccc(C)c4)SC3=NC2=O)cc1Cl. The van der Waals surface area contributed by atoms with Crippen LogP contribution in [-0.4, -0.2) is 40.7 Å². The van der Waals surface area contributed by atoms with Gasteiger partial charge in [0.05, 0.1) is 22.7 Å². The molecule has 0 aliphatic carbocycles. The molecule has 0 saturated carbocycles. The van der Waals surface area contributed by atoms with Gasteiger partial charge in [-0.25, -0.2) is 0 Å². The summed E-state index contributed by atoms with van der Waals surface area (Å²) in [4.78, 5) is 16.6. The van der Waals surface area contributed by atoms with E-state index in [-0.39, 0.29) is 18.0 Å². The van der Waals surface area contributed by atoms with E-state index in [1.54, 1.807) is 12.1 Å². The van der Waals surface area contributed by atoms with E-state index in [0.29, 0.717) is 31.6 Å². The predicted molar refractivity (Wildman–Crippen MR) is 125 cm³/mol. The third-order valence-corrected chi connectivity index (χ3v) is 5.83. The first-order valence-electron chi connectivity index (χ1n) is 9.07. The summed E-state index contributed by atoms with van der Waals surface area (Å²) in [6.45, 7) is 2.18. The minimum absolute atomic E-state index is 0.0752. The molecule has 0 fully saturated rings. The van der Waals surface area contributed by atoms with Crippen LogP contribution in [0, 0.1) is 12.3 Å². The molecule has 0 spiro atoms. The number of carbonyl (C=O) groups excluding carboxylic acids is 1. The number of nitrogens with zero attached hydrogens (tertiary/aromatic N) is 3. The molecule has 0 unspecified atom stereocenters. The monoisotopic (exact) mass is 474 g/mol. The van der Waals surface area contributed by atoms with Crippen LogP contribution in [0.4, 0.5) is 0 Å². The summed E-state index contributed by atoms with van der Waals surface area (Å²) in [5, 5.41) is 15.7. The molecule has 4 rings (SSSR count). The maximum atomic E-state index is 12.6. The average Bonchev–Trinajstić information content (AvgIpc) is 3.12. The number of hydrazone groups is 1. The van der Waals surface area contributed by atoms with Gasteiger partial charge in [0, 0.05) is 0 Å². The van der Waals surface area contributed by atoms with Crippen LogP contribution < -0.4 is 9.47 Å². The molecule has 158 valence electrons. The number of aryl methyl sites for hydroxylation is 1. The lowest BCUT2D eigenvalue weighted by molar-refractivity contribution is -0.114. The number of rotatable bonds is 5. The highest BCUT2D eigenvalue weighted by Crippen LogP contribution is 2.35. The summed E-state index contributed by atoms with van der Waals surface area (Å²) in [6.07, 6.45) is 1.50. The van der Waals surface area contributed by atoms with E-state index in [9.17, 15) is 4.79 Å². The molecule has 0 bridgehead atoms. The number of benzene rings is 2. The molecule has 0 radical (unpaired) electrons. The molecule has 2 aromatic rings. The number of hydrogen-bond donors (Lipinski definition) is 1. The normalized spacial score (nSPS) is 16.9. The smallest absolute Gasteiger partial charge is 0.283 e. The molecule has 2 aromatic carbocycles. The zero-order chi connectivity index (χ0) is 22.1. The number of carbonyl (C=O) groups is 1. The molecule has 7 nitrogen and oxygen atoms in total. The van der Waals surface area contributed by atoms with Crippen molar-refractivity contribution < 1.29 is 14.3 Å². The Hall–Kier alpha value is -2.81. The van der Waals surface area contributed by atoms with Gasteiger partial charge in [0.25, 0.3) is 5.91 Å². The lowest BCUT2D eigenvalue weighted by Crippen LogP contribution is -2.35. The first kappa shape index (κ1) is 21.4. The van der Waals surface area contributed by atoms with Crippen LogP contribution in [-0.2, 0) is 4.79 Å². The molecule has 0 atom stereocenters. The Balaban J connectivity index is 1.55. The minimum atomic E-state index is -0.539. The van der Waals surface area contributed by atoms with Crippen LogP contribution in [0.3, 0.4) is 0 Å². The summed E-state index contributed by atoms with van der Waals surface area (Å²) < 4.78 is 10.9. The number of aliphatic imine (C=N–C) groups is 1. The topological polar surface area (TPSA) is 87.3 Å². The fourth-order valence-corrected chi connectivity index (χ4v) is 4.42. The number of amides is 1. The summed E-state index contributed by atoms with van der Waals surface area (Å²) in [7, 11) is 1.46. The zero-order valence-electron chi connectivity index (χ0n) is 16.5. The van der Waals surface area contributed by atoms with Gasteiger partial charge in [-0.05, 0) is 60.2 Å². The van der Waals surface area contributed by atoms with Crippen LogP contribution in [0.5, 0.6) is 11.5 Å². The Morgan fingerprint density at radius 2 is 1.97 bits per heavy atom. The molecule has 1 N–H and O–H groups in total. The van der Waals surface area contributed by atoms with Crippen LogP contribution in [0.15, 0.2) is 52.1 Å². The Morgan fingerprint density at radius 3 is 2.65 bits per heavy atom.